The maximum Gasteiger partial charge on any atom is 0.336 e. The fourth-order valence-electron chi connectivity index (χ4n) is 6.60. The third-order valence-electron chi connectivity index (χ3n) is 8.27. The van der Waals surface area contributed by atoms with Gasteiger partial charge in [-0.15, -0.1) is 0 Å². The molecule has 32 heavy (non-hydrogen) atoms. The molecule has 0 radical (unpaired) electrons. The fraction of sp³-hybridized carbons (Fsp3) is 0.615. The van der Waals surface area contributed by atoms with Crippen molar-refractivity contribution < 1.29 is 23.8 Å². The van der Waals surface area contributed by atoms with Crippen LogP contribution in [-0.2, 0) is 9.53 Å². The van der Waals surface area contributed by atoms with Crippen molar-refractivity contribution in [3.8, 4) is 5.75 Å². The summed E-state index contributed by atoms with van der Waals surface area (Å²) in [6, 6.07) is 8.51. The molecule has 174 valence electrons. The fourth-order valence-corrected chi connectivity index (χ4v) is 6.60. The van der Waals surface area contributed by atoms with E-state index in [1.54, 1.807) is 18.2 Å². The Morgan fingerprint density at radius 2 is 1.88 bits per heavy atom. The highest BCUT2D eigenvalue weighted by Gasteiger charge is 2.61. The van der Waals surface area contributed by atoms with Crippen LogP contribution in [0, 0.1) is 22.7 Å². The van der Waals surface area contributed by atoms with E-state index in [1.807, 2.05) is 13.0 Å². The molecule has 1 aromatic heterocycles. The molecule has 1 heterocycles. The predicted molar refractivity (Wildman–Crippen MR) is 121 cm³/mol. The maximum absolute atomic E-state index is 11.7. The number of benzene rings is 1. The van der Waals surface area contributed by atoms with Gasteiger partial charge in [-0.2, -0.15) is 0 Å². The molecule has 2 aliphatic carbocycles. The molecule has 2 fully saturated rings. The lowest BCUT2D eigenvalue weighted by atomic mass is 9.45. The van der Waals surface area contributed by atoms with Crippen LogP contribution in [0.15, 0.2) is 39.5 Å². The number of hydrogen-bond acceptors (Lipinski definition) is 6. The topological polar surface area (TPSA) is 86.0 Å². The molecular weight excluding hydrogens is 408 g/mol. The average Bonchev–Trinajstić information content (AvgIpc) is 2.69. The summed E-state index contributed by atoms with van der Waals surface area (Å²) in [5, 5.41) is 12.2. The summed E-state index contributed by atoms with van der Waals surface area (Å²) in [7, 11) is 0. The second-order valence-electron chi connectivity index (χ2n) is 10.7. The molecule has 0 saturated heterocycles. The normalized spacial score (nSPS) is 34.0. The van der Waals surface area contributed by atoms with Crippen LogP contribution in [0.4, 0.5) is 0 Å². The van der Waals surface area contributed by atoms with E-state index in [-0.39, 0.29) is 34.4 Å². The van der Waals surface area contributed by atoms with Gasteiger partial charge in [0, 0.05) is 29.7 Å². The van der Waals surface area contributed by atoms with E-state index in [0.717, 1.165) is 24.6 Å². The number of ether oxygens (including phenoxy) is 2. The standard InChI is InChI=1S/C26H34O6/c1-16(27)31-22-11-12-25(4)20(24(22,2)3)10-13-26(5,29)21(25)15-30-18-7-8-19-17(14-18)6-9-23(28)32-19/h6-9,14,20-22,29H,10-13,15H2,1-5H3/t20-,21-,22+,25-,26-/m0/s1. The van der Waals surface area contributed by atoms with Crippen molar-refractivity contribution in [2.24, 2.45) is 22.7 Å². The molecule has 1 N–H and O–H groups in total. The number of fused-ring (bicyclic) bond motifs is 2. The van der Waals surface area contributed by atoms with Crippen LogP contribution in [0.2, 0.25) is 0 Å². The Balaban J connectivity index is 1.59. The Morgan fingerprint density at radius 1 is 1.12 bits per heavy atom. The smallest absolute Gasteiger partial charge is 0.336 e. The Hall–Kier alpha value is -2.34. The van der Waals surface area contributed by atoms with Gasteiger partial charge in [-0.1, -0.05) is 20.8 Å². The van der Waals surface area contributed by atoms with Gasteiger partial charge in [0.1, 0.15) is 17.4 Å². The van der Waals surface area contributed by atoms with Crippen molar-refractivity contribution in [3.63, 3.8) is 0 Å². The van der Waals surface area contributed by atoms with E-state index in [2.05, 4.69) is 20.8 Å². The summed E-state index contributed by atoms with van der Waals surface area (Å²) in [6.45, 7) is 10.4. The van der Waals surface area contributed by atoms with Crippen molar-refractivity contribution in [3.05, 3.63) is 40.8 Å². The van der Waals surface area contributed by atoms with Crippen LogP contribution in [0.5, 0.6) is 5.75 Å². The lowest BCUT2D eigenvalue weighted by Gasteiger charge is -2.62. The summed E-state index contributed by atoms with van der Waals surface area (Å²) in [5.41, 5.74) is -1.04. The van der Waals surface area contributed by atoms with Crippen LogP contribution < -0.4 is 10.4 Å². The summed E-state index contributed by atoms with van der Waals surface area (Å²) in [6.07, 6.45) is 3.10. The number of carbonyl (C=O) groups excluding carboxylic acids is 1. The number of carbonyl (C=O) groups is 1. The van der Waals surface area contributed by atoms with Gasteiger partial charge in [-0.3, -0.25) is 4.79 Å². The minimum Gasteiger partial charge on any atom is -0.493 e. The van der Waals surface area contributed by atoms with Crippen LogP contribution in [0.25, 0.3) is 11.0 Å². The highest BCUT2D eigenvalue weighted by atomic mass is 16.5. The van der Waals surface area contributed by atoms with Gasteiger partial charge in [0.05, 0.1) is 12.2 Å². The van der Waals surface area contributed by atoms with E-state index >= 15 is 0 Å². The first-order valence-corrected chi connectivity index (χ1v) is 11.5. The second kappa shape index (κ2) is 7.91. The lowest BCUT2D eigenvalue weighted by molar-refractivity contribution is -0.210. The van der Waals surface area contributed by atoms with Gasteiger partial charge in [-0.05, 0) is 68.2 Å². The first-order chi connectivity index (χ1) is 14.9. The third kappa shape index (κ3) is 3.94. The largest absolute Gasteiger partial charge is 0.493 e. The van der Waals surface area contributed by atoms with Crippen LogP contribution in [0.1, 0.15) is 60.3 Å². The van der Waals surface area contributed by atoms with Crippen molar-refractivity contribution in [2.45, 2.75) is 72.0 Å². The average molecular weight is 443 g/mol. The summed E-state index contributed by atoms with van der Waals surface area (Å²) < 4.78 is 17.1. The van der Waals surface area contributed by atoms with Gasteiger partial charge in [0.25, 0.3) is 0 Å². The Morgan fingerprint density at radius 3 is 2.59 bits per heavy atom. The summed E-state index contributed by atoms with van der Waals surface area (Å²) in [5.74, 6) is 0.672. The van der Waals surface area contributed by atoms with Crippen molar-refractivity contribution in [1.82, 2.24) is 0 Å². The van der Waals surface area contributed by atoms with Gasteiger partial charge in [0.15, 0.2) is 0 Å². The quantitative estimate of drug-likeness (QED) is 0.545. The minimum absolute atomic E-state index is 0.0734. The summed E-state index contributed by atoms with van der Waals surface area (Å²) in [4.78, 5) is 23.1. The highest BCUT2D eigenvalue weighted by molar-refractivity contribution is 5.77. The third-order valence-corrected chi connectivity index (χ3v) is 8.27. The van der Waals surface area contributed by atoms with Gasteiger partial charge < -0.3 is 19.0 Å². The predicted octanol–water partition coefficient (Wildman–Crippen LogP) is 4.71. The van der Waals surface area contributed by atoms with Gasteiger partial charge >= 0.3 is 11.6 Å². The molecule has 0 unspecified atom stereocenters. The highest BCUT2D eigenvalue weighted by Crippen LogP contribution is 2.62. The van der Waals surface area contributed by atoms with E-state index in [4.69, 9.17) is 13.9 Å². The molecule has 0 bridgehead atoms. The molecule has 1 aromatic carbocycles. The number of rotatable bonds is 4. The molecule has 6 nitrogen and oxygen atoms in total. The minimum atomic E-state index is -0.848. The molecule has 2 saturated carbocycles. The molecule has 4 rings (SSSR count). The molecule has 0 spiro atoms. The van der Waals surface area contributed by atoms with E-state index in [0.29, 0.717) is 30.3 Å². The molecule has 6 heteroatoms. The number of aliphatic hydroxyl groups is 1. The van der Waals surface area contributed by atoms with Crippen LogP contribution in [0.3, 0.4) is 0 Å². The molecule has 2 aromatic rings. The molecule has 5 atom stereocenters. The zero-order valence-electron chi connectivity index (χ0n) is 19.6. The van der Waals surface area contributed by atoms with Crippen LogP contribution >= 0.6 is 0 Å². The second-order valence-corrected chi connectivity index (χ2v) is 10.7. The van der Waals surface area contributed by atoms with Crippen LogP contribution in [-0.4, -0.2) is 29.4 Å². The number of esters is 1. The monoisotopic (exact) mass is 442 g/mol. The first kappa shape index (κ1) is 22.8. The van der Waals surface area contributed by atoms with Crippen molar-refractivity contribution in [1.29, 1.82) is 0 Å². The van der Waals surface area contributed by atoms with E-state index < -0.39 is 5.60 Å². The summed E-state index contributed by atoms with van der Waals surface area (Å²) >= 11 is 0. The van der Waals surface area contributed by atoms with Crippen molar-refractivity contribution >= 4 is 16.9 Å². The first-order valence-electron chi connectivity index (χ1n) is 11.5. The van der Waals surface area contributed by atoms with Gasteiger partial charge in [0.2, 0.25) is 0 Å². The molecular formula is C26H34O6. The Kier molecular flexibility index (Phi) is 5.64. The zero-order chi connectivity index (χ0) is 23.3. The zero-order valence-corrected chi connectivity index (χ0v) is 19.6. The SMILES string of the molecule is CC(=O)O[C@@H]1CC[C@@]2(C)[C@@H](CC[C@](C)(O)[C@H]2COc2ccc3oc(=O)ccc3c2)C1(C)C. The molecule has 0 aliphatic heterocycles. The maximum atomic E-state index is 11.7. The van der Waals surface area contributed by atoms with Crippen molar-refractivity contribution in [2.75, 3.05) is 6.61 Å². The van der Waals surface area contributed by atoms with E-state index in [1.165, 1.54) is 13.0 Å². The Labute approximate surface area is 188 Å². The number of hydrogen-bond donors (Lipinski definition) is 1. The molecule has 2 aliphatic rings. The van der Waals surface area contributed by atoms with Gasteiger partial charge in [-0.25, -0.2) is 4.79 Å². The van der Waals surface area contributed by atoms with E-state index in [9.17, 15) is 14.7 Å². The Bertz CT molecular complexity index is 1070. The molecule has 0 amide bonds. The lowest BCUT2D eigenvalue weighted by Crippen LogP contribution is -2.62.